The van der Waals surface area contributed by atoms with Crippen molar-refractivity contribution >= 4 is 23.3 Å². The molecule has 2 rings (SSSR count). The molecule has 104 valence electrons. The van der Waals surface area contributed by atoms with Crippen LogP contribution in [0.4, 0.5) is 5.82 Å². The summed E-state index contributed by atoms with van der Waals surface area (Å²) >= 11 is 6.13. The summed E-state index contributed by atoms with van der Waals surface area (Å²) in [6.07, 6.45) is 4.37. The van der Waals surface area contributed by atoms with E-state index < -0.39 is 0 Å². The van der Waals surface area contributed by atoms with Crippen LogP contribution in [0.5, 0.6) is 0 Å². The number of nitrogens with zero attached hydrogens (tertiary/aromatic N) is 5. The molecule has 1 saturated heterocycles. The van der Waals surface area contributed by atoms with Crippen LogP contribution in [0, 0.1) is 0 Å². The van der Waals surface area contributed by atoms with E-state index in [1.807, 2.05) is 7.05 Å². The molecule has 0 spiro atoms. The van der Waals surface area contributed by atoms with Crippen LogP contribution < -0.4 is 4.90 Å². The zero-order valence-electron chi connectivity index (χ0n) is 11.7. The van der Waals surface area contributed by atoms with Crippen molar-refractivity contribution in [2.75, 3.05) is 31.6 Å². The lowest BCUT2D eigenvalue weighted by atomic mass is 10.2. The zero-order valence-corrected chi connectivity index (χ0v) is 12.4. The van der Waals surface area contributed by atoms with E-state index in [0.29, 0.717) is 11.2 Å². The van der Waals surface area contributed by atoms with Gasteiger partial charge in [-0.3, -0.25) is 4.99 Å². The quantitative estimate of drug-likeness (QED) is 0.584. The second-order valence-corrected chi connectivity index (χ2v) is 5.14. The third-order valence-corrected chi connectivity index (χ3v) is 3.79. The van der Waals surface area contributed by atoms with Crippen LogP contribution in [-0.4, -0.2) is 53.4 Å². The molecule has 2 heterocycles. The molecule has 0 saturated carbocycles. The maximum atomic E-state index is 6.13. The molecule has 1 atom stereocenters. The number of hydrogen-bond acceptors (Lipinski definition) is 4. The van der Waals surface area contributed by atoms with Gasteiger partial charge in [0, 0.05) is 45.1 Å². The van der Waals surface area contributed by atoms with E-state index in [1.54, 1.807) is 12.4 Å². The molecule has 19 heavy (non-hydrogen) atoms. The first-order chi connectivity index (χ1) is 9.13. The van der Waals surface area contributed by atoms with Gasteiger partial charge in [0.2, 0.25) is 0 Å². The average Bonchev–Trinajstić information content (AvgIpc) is 2.60. The lowest BCUT2D eigenvalue weighted by Crippen LogP contribution is -2.41. The van der Waals surface area contributed by atoms with Gasteiger partial charge in [-0.25, -0.2) is 9.97 Å². The number of rotatable bonds is 1. The molecule has 1 aromatic heterocycles. The second-order valence-electron chi connectivity index (χ2n) is 4.78. The van der Waals surface area contributed by atoms with Gasteiger partial charge in [0.1, 0.15) is 0 Å². The molecule has 0 aliphatic carbocycles. The number of aliphatic imine (C=N–C) groups is 1. The molecule has 1 aliphatic rings. The van der Waals surface area contributed by atoms with E-state index >= 15 is 0 Å². The van der Waals surface area contributed by atoms with E-state index in [2.05, 4.69) is 38.6 Å². The molecule has 5 nitrogen and oxygen atoms in total. The second kappa shape index (κ2) is 6.19. The Labute approximate surface area is 119 Å². The molecule has 0 radical (unpaired) electrons. The minimum Gasteiger partial charge on any atom is -0.356 e. The Morgan fingerprint density at radius 3 is 2.79 bits per heavy atom. The number of amidine groups is 1. The molecule has 0 aromatic carbocycles. The van der Waals surface area contributed by atoms with Gasteiger partial charge in [-0.15, -0.1) is 0 Å². The fraction of sp³-hybridized carbons (Fsp3) is 0.615. The van der Waals surface area contributed by atoms with Crippen LogP contribution in [0.2, 0.25) is 5.15 Å². The van der Waals surface area contributed by atoms with Gasteiger partial charge >= 0.3 is 0 Å². The van der Waals surface area contributed by atoms with Gasteiger partial charge in [-0.05, 0) is 20.3 Å². The summed E-state index contributed by atoms with van der Waals surface area (Å²) in [6, 6.07) is 0.379. The molecular weight excluding hydrogens is 262 g/mol. The first-order valence-electron chi connectivity index (χ1n) is 6.55. The maximum Gasteiger partial charge on any atom is 0.171 e. The average molecular weight is 282 g/mol. The van der Waals surface area contributed by atoms with Gasteiger partial charge in [-0.2, -0.15) is 0 Å². The van der Waals surface area contributed by atoms with Crippen LogP contribution in [-0.2, 0) is 0 Å². The summed E-state index contributed by atoms with van der Waals surface area (Å²) in [7, 11) is 1.84. The highest BCUT2D eigenvalue weighted by atomic mass is 35.5. The Morgan fingerprint density at radius 2 is 2.11 bits per heavy atom. The van der Waals surface area contributed by atoms with E-state index in [4.69, 9.17) is 11.6 Å². The van der Waals surface area contributed by atoms with Crippen molar-refractivity contribution in [3.8, 4) is 0 Å². The topological polar surface area (TPSA) is 44.6 Å². The molecule has 1 aliphatic heterocycles. The summed E-state index contributed by atoms with van der Waals surface area (Å²) in [5.74, 6) is 1.86. The monoisotopic (exact) mass is 281 g/mol. The van der Waals surface area contributed by atoms with Gasteiger partial charge in [0.05, 0.1) is 5.84 Å². The lowest BCUT2D eigenvalue weighted by molar-refractivity contribution is 0.350. The third kappa shape index (κ3) is 3.15. The fourth-order valence-corrected chi connectivity index (χ4v) is 2.71. The Balaban J connectivity index is 2.17. The van der Waals surface area contributed by atoms with Crippen LogP contribution in [0.1, 0.15) is 20.3 Å². The van der Waals surface area contributed by atoms with E-state index in [1.165, 1.54) is 0 Å². The van der Waals surface area contributed by atoms with Crippen molar-refractivity contribution in [2.24, 2.45) is 4.99 Å². The zero-order chi connectivity index (χ0) is 13.8. The Bertz CT molecular complexity index is 462. The molecular formula is C13H20ClN5. The smallest absolute Gasteiger partial charge is 0.171 e. The van der Waals surface area contributed by atoms with Crippen molar-refractivity contribution in [2.45, 2.75) is 26.3 Å². The largest absolute Gasteiger partial charge is 0.356 e. The van der Waals surface area contributed by atoms with Crippen molar-refractivity contribution < 1.29 is 0 Å². The minimum atomic E-state index is 0.379. The molecule has 6 heteroatoms. The first-order valence-corrected chi connectivity index (χ1v) is 6.92. The predicted molar refractivity (Wildman–Crippen MR) is 79.1 cm³/mol. The Kier molecular flexibility index (Phi) is 4.58. The summed E-state index contributed by atoms with van der Waals surface area (Å²) < 4.78 is 0. The predicted octanol–water partition coefficient (Wildman–Crippen LogP) is 2.08. The fourth-order valence-electron chi connectivity index (χ4n) is 2.49. The van der Waals surface area contributed by atoms with Gasteiger partial charge in [0.25, 0.3) is 0 Å². The number of hydrogen-bond donors (Lipinski definition) is 0. The molecule has 1 aromatic rings. The Morgan fingerprint density at radius 1 is 1.37 bits per heavy atom. The van der Waals surface area contributed by atoms with Crippen molar-refractivity contribution in [1.82, 2.24) is 14.9 Å². The van der Waals surface area contributed by atoms with Crippen molar-refractivity contribution in [3.05, 3.63) is 17.5 Å². The molecule has 0 amide bonds. The van der Waals surface area contributed by atoms with Crippen LogP contribution in [0.3, 0.4) is 0 Å². The highest BCUT2D eigenvalue weighted by Crippen LogP contribution is 2.22. The highest BCUT2D eigenvalue weighted by molar-refractivity contribution is 6.31. The standard InChI is InChI=1S/C13H20ClN5/c1-10-9-18(13-12(14)16-5-6-17-13)7-4-8-19(10)11(2)15-3/h5-6,10H,4,7-9H2,1-3H3. The molecule has 1 unspecified atom stereocenters. The van der Waals surface area contributed by atoms with Crippen LogP contribution in [0.25, 0.3) is 0 Å². The normalized spacial score (nSPS) is 21.5. The summed E-state index contributed by atoms with van der Waals surface area (Å²) in [5.41, 5.74) is 0. The molecule has 0 bridgehead atoms. The third-order valence-electron chi connectivity index (χ3n) is 3.52. The van der Waals surface area contributed by atoms with Gasteiger partial charge < -0.3 is 9.80 Å². The summed E-state index contributed by atoms with van der Waals surface area (Å²) in [5, 5.41) is 0.476. The molecule has 1 fully saturated rings. The highest BCUT2D eigenvalue weighted by Gasteiger charge is 2.24. The number of anilines is 1. The van der Waals surface area contributed by atoms with E-state index in [-0.39, 0.29) is 0 Å². The van der Waals surface area contributed by atoms with Gasteiger partial charge in [0.15, 0.2) is 11.0 Å². The minimum absolute atomic E-state index is 0.379. The maximum absolute atomic E-state index is 6.13. The molecule has 0 N–H and O–H groups in total. The first kappa shape index (κ1) is 14.1. The van der Waals surface area contributed by atoms with Crippen molar-refractivity contribution in [3.63, 3.8) is 0 Å². The number of aromatic nitrogens is 2. The SMILES string of the molecule is CN=C(C)N1CCCN(c2nccnc2Cl)CC1C. The van der Waals surface area contributed by atoms with E-state index in [9.17, 15) is 0 Å². The Hall–Kier alpha value is -1.36. The van der Waals surface area contributed by atoms with Crippen LogP contribution in [0.15, 0.2) is 17.4 Å². The number of halogens is 1. The van der Waals surface area contributed by atoms with Crippen LogP contribution >= 0.6 is 11.6 Å². The van der Waals surface area contributed by atoms with Gasteiger partial charge in [-0.1, -0.05) is 11.6 Å². The van der Waals surface area contributed by atoms with E-state index in [0.717, 1.165) is 37.7 Å². The summed E-state index contributed by atoms with van der Waals surface area (Å²) in [4.78, 5) is 17.3. The lowest BCUT2D eigenvalue weighted by Gasteiger charge is -2.30. The summed E-state index contributed by atoms with van der Waals surface area (Å²) in [6.45, 7) is 7.10. The van der Waals surface area contributed by atoms with Crippen molar-refractivity contribution in [1.29, 1.82) is 0 Å².